The third-order valence-electron chi connectivity index (χ3n) is 13.0. The molecule has 0 aromatic rings. The fraction of sp³-hybridized carbons (Fsp3) is 0.788. The Hall–Kier alpha value is -2.27. The molecule has 0 heterocycles. The van der Waals surface area contributed by atoms with Crippen molar-refractivity contribution in [3.8, 4) is 0 Å². The second-order valence-corrected chi connectivity index (χ2v) is 15.8. The smallest absolute Gasteiger partial charge is 0.321 e. The Morgan fingerprint density at radius 2 is 1.76 bits per heavy atom. The number of carbonyl (C=O) groups is 2. The zero-order valence-corrected chi connectivity index (χ0v) is 25.6. The number of carbonyl (C=O) groups excluding carboxylic acids is 2. The van der Waals surface area contributed by atoms with Crippen LogP contribution in [0.2, 0.25) is 0 Å². The van der Waals surface area contributed by atoms with Crippen molar-refractivity contribution in [3.63, 3.8) is 0 Å². The van der Waals surface area contributed by atoms with E-state index >= 15 is 0 Å². The summed E-state index contributed by atoms with van der Waals surface area (Å²) in [6.07, 6.45) is 6.70. The Morgan fingerprint density at radius 3 is 2.34 bits per heavy atom. The Morgan fingerprint density at radius 1 is 1.12 bits per heavy atom. The second kappa shape index (κ2) is 8.88. The van der Waals surface area contributed by atoms with E-state index in [0.717, 1.165) is 18.4 Å². The average molecular weight is 573 g/mol. The van der Waals surface area contributed by atoms with Gasteiger partial charge in [0.2, 0.25) is 5.70 Å². The number of rotatable bonds is 3. The minimum absolute atomic E-state index is 0.0278. The first-order valence-electron chi connectivity index (χ1n) is 15.1. The number of nitrogens with zero attached hydrogens (tertiary/aromatic N) is 1. The quantitative estimate of drug-likeness (QED) is 0.326. The van der Waals surface area contributed by atoms with Crippen LogP contribution in [0.25, 0.3) is 4.85 Å². The van der Waals surface area contributed by atoms with Gasteiger partial charge in [-0.2, -0.15) is 8.78 Å². The summed E-state index contributed by atoms with van der Waals surface area (Å²) in [6, 6.07) is 0. The van der Waals surface area contributed by atoms with Gasteiger partial charge in [0.25, 0.3) is 5.91 Å². The molecule has 0 saturated heterocycles. The highest BCUT2D eigenvalue weighted by Gasteiger charge is 2.70. The molecule has 226 valence electrons. The van der Waals surface area contributed by atoms with E-state index < -0.39 is 44.9 Å². The summed E-state index contributed by atoms with van der Waals surface area (Å²) >= 11 is 0. The minimum atomic E-state index is -3.50. The van der Waals surface area contributed by atoms with E-state index in [4.69, 9.17) is 6.57 Å². The largest absolute Gasteiger partial charge is 0.523 e. The highest BCUT2D eigenvalue weighted by Crippen LogP contribution is 2.74. The van der Waals surface area contributed by atoms with Crippen LogP contribution in [0.15, 0.2) is 23.1 Å². The highest BCUT2D eigenvalue weighted by atomic mass is 19.3. The Bertz CT molecular complexity index is 1290. The molecule has 8 atom stereocenters. The van der Waals surface area contributed by atoms with E-state index in [1.165, 1.54) is 0 Å². The summed E-state index contributed by atoms with van der Waals surface area (Å²) in [5.41, 5.74) is -2.23. The molecule has 1 amide bonds. The zero-order valence-electron chi connectivity index (χ0n) is 25.6. The van der Waals surface area contributed by atoms with Crippen LogP contribution in [0.3, 0.4) is 0 Å². The molecule has 3 saturated carbocycles. The molecule has 41 heavy (non-hydrogen) atoms. The second-order valence-electron chi connectivity index (χ2n) is 15.8. The van der Waals surface area contributed by atoms with E-state index in [9.17, 15) is 28.6 Å². The lowest BCUT2D eigenvalue weighted by molar-refractivity contribution is -0.170. The lowest BCUT2D eigenvalue weighted by atomic mass is 9.35. The average Bonchev–Trinajstić information content (AvgIpc) is 2.87. The van der Waals surface area contributed by atoms with E-state index in [1.54, 1.807) is 6.08 Å². The summed E-state index contributed by atoms with van der Waals surface area (Å²) in [6.45, 7) is 20.8. The van der Waals surface area contributed by atoms with E-state index in [1.807, 2.05) is 6.92 Å². The maximum atomic E-state index is 14.5. The molecule has 0 aromatic carbocycles. The number of hydrogen-bond donors (Lipinski definition) is 3. The van der Waals surface area contributed by atoms with E-state index in [2.05, 4.69) is 44.8 Å². The van der Waals surface area contributed by atoms with Crippen LogP contribution in [0.5, 0.6) is 0 Å². The fourth-order valence-corrected chi connectivity index (χ4v) is 10.5. The molecule has 0 spiro atoms. The van der Waals surface area contributed by atoms with Crippen LogP contribution in [0.4, 0.5) is 8.78 Å². The minimum Gasteiger partial charge on any atom is -0.523 e. The van der Waals surface area contributed by atoms with Crippen molar-refractivity contribution >= 4 is 11.7 Å². The van der Waals surface area contributed by atoms with Crippen molar-refractivity contribution in [1.82, 2.24) is 5.32 Å². The molecule has 0 aliphatic heterocycles. The van der Waals surface area contributed by atoms with Crippen molar-refractivity contribution in [2.45, 2.75) is 111 Å². The van der Waals surface area contributed by atoms with Gasteiger partial charge in [0.1, 0.15) is 5.76 Å². The number of amides is 1. The van der Waals surface area contributed by atoms with Crippen molar-refractivity contribution in [3.05, 3.63) is 34.5 Å². The third-order valence-corrected chi connectivity index (χ3v) is 13.0. The maximum Gasteiger partial charge on any atom is 0.321 e. The summed E-state index contributed by atoms with van der Waals surface area (Å²) in [5, 5.41) is 24.4. The molecular formula is C33H46F2N2O4. The number of alkyl halides is 2. The van der Waals surface area contributed by atoms with Gasteiger partial charge in [-0.1, -0.05) is 47.1 Å². The van der Waals surface area contributed by atoms with Crippen molar-refractivity contribution < 1.29 is 28.6 Å². The molecular weight excluding hydrogens is 526 g/mol. The van der Waals surface area contributed by atoms with Crippen molar-refractivity contribution in [1.29, 1.82) is 0 Å². The number of aliphatic hydroxyl groups is 2. The van der Waals surface area contributed by atoms with Crippen molar-refractivity contribution in [2.75, 3.05) is 6.61 Å². The summed E-state index contributed by atoms with van der Waals surface area (Å²) in [7, 11) is 0. The molecule has 5 aliphatic carbocycles. The summed E-state index contributed by atoms with van der Waals surface area (Å²) < 4.78 is 28.4. The molecule has 0 aromatic heterocycles. The third kappa shape index (κ3) is 3.93. The number of halogens is 2. The lowest BCUT2D eigenvalue weighted by Crippen LogP contribution is -2.70. The normalized spacial score (nSPS) is 45.3. The molecule has 0 bridgehead atoms. The van der Waals surface area contributed by atoms with Gasteiger partial charge in [-0.25, -0.2) is 4.85 Å². The molecule has 5 rings (SSSR count). The van der Waals surface area contributed by atoms with Gasteiger partial charge in [-0.3, -0.25) is 9.59 Å². The molecule has 3 fully saturated rings. The van der Waals surface area contributed by atoms with E-state index in [0.29, 0.717) is 45.4 Å². The summed E-state index contributed by atoms with van der Waals surface area (Å²) in [4.78, 5) is 30.8. The van der Waals surface area contributed by atoms with Gasteiger partial charge in [0.15, 0.2) is 5.78 Å². The lowest BCUT2D eigenvalue weighted by Gasteiger charge is -2.70. The number of nitrogens with one attached hydrogen (secondary N) is 1. The predicted octanol–water partition coefficient (Wildman–Crippen LogP) is 6.76. The Balaban J connectivity index is 1.65. The molecule has 0 unspecified atom stereocenters. The number of ketones is 1. The molecule has 8 heteroatoms. The first-order chi connectivity index (χ1) is 18.7. The first kappa shape index (κ1) is 30.2. The SMILES string of the molecule is [C-]#[N+]C1=C(O)[C@@](C)(CO)[C@@H]2CC[C@]3(C)C(=CC(=O)[C@@H]4[C@@H]5CC(C)(C)CC[C@]5(NC(=O)C(C)(F)F)CC[C@]43C)[C@@]2(C)C1. The van der Waals surface area contributed by atoms with Crippen LogP contribution in [-0.4, -0.2) is 40.0 Å². The molecule has 3 N–H and O–H groups in total. The van der Waals surface area contributed by atoms with Gasteiger partial charge < -0.3 is 15.5 Å². The zero-order chi connectivity index (χ0) is 30.6. The molecule has 5 aliphatic rings. The van der Waals surface area contributed by atoms with Crippen LogP contribution in [0.1, 0.15) is 99.8 Å². The highest BCUT2D eigenvalue weighted by molar-refractivity contribution is 5.96. The Kier molecular flexibility index (Phi) is 6.54. The predicted molar refractivity (Wildman–Crippen MR) is 152 cm³/mol. The van der Waals surface area contributed by atoms with Crippen LogP contribution < -0.4 is 5.32 Å². The van der Waals surface area contributed by atoms with Gasteiger partial charge in [-0.05, 0) is 90.9 Å². The van der Waals surface area contributed by atoms with Crippen LogP contribution in [-0.2, 0) is 9.59 Å². The van der Waals surface area contributed by atoms with Gasteiger partial charge in [0.05, 0.1) is 13.2 Å². The molecule has 0 radical (unpaired) electrons. The van der Waals surface area contributed by atoms with Crippen molar-refractivity contribution in [2.24, 2.45) is 44.8 Å². The number of allylic oxidation sites excluding steroid dienone is 3. The monoisotopic (exact) mass is 572 g/mol. The standard InChI is InChI=1S/C33H46F2N2O4/c1-27(2)11-13-33(37-26(41)32(7,34)35)14-12-31(6)24(19(33)16-27)21(39)15-23-28(3)17-20(36-8)25(40)29(4,18-38)22(28)9-10-30(23,31)5/h15,19,22,24,38,40H,9-14,16-18H2,1-7H3,(H,37,41)/t19-,22+,24-,28-,29-,30+,31+,33-/m0/s1. The number of aliphatic hydroxyl groups excluding tert-OH is 2. The first-order valence-corrected chi connectivity index (χ1v) is 15.1. The fourth-order valence-electron chi connectivity index (χ4n) is 10.5. The number of fused-ring (bicyclic) bond motifs is 7. The molecule has 6 nitrogen and oxygen atoms in total. The topological polar surface area (TPSA) is 91.0 Å². The number of hydrogen-bond acceptors (Lipinski definition) is 4. The van der Waals surface area contributed by atoms with Gasteiger partial charge >= 0.3 is 5.92 Å². The van der Waals surface area contributed by atoms with Gasteiger partial charge in [0, 0.05) is 23.8 Å². The maximum absolute atomic E-state index is 14.5. The Labute approximate surface area is 242 Å². The summed E-state index contributed by atoms with van der Waals surface area (Å²) in [5.74, 6) is -5.71. The van der Waals surface area contributed by atoms with Crippen LogP contribution in [0, 0.1) is 51.4 Å². The van der Waals surface area contributed by atoms with Crippen LogP contribution >= 0.6 is 0 Å². The van der Waals surface area contributed by atoms with Gasteiger partial charge in [-0.15, -0.1) is 0 Å². The van der Waals surface area contributed by atoms with E-state index in [-0.39, 0.29) is 41.1 Å².